The molecule has 0 spiro atoms. The Bertz CT molecular complexity index is 887. The molecule has 1 aromatic heterocycles. The molecule has 0 fully saturated rings. The zero-order valence-electron chi connectivity index (χ0n) is 14.6. The summed E-state index contributed by atoms with van der Waals surface area (Å²) in [5.41, 5.74) is 5.70. The van der Waals surface area contributed by atoms with E-state index in [9.17, 15) is 4.79 Å². The van der Waals surface area contributed by atoms with E-state index >= 15 is 0 Å². The normalized spacial score (nSPS) is 21.6. The van der Waals surface area contributed by atoms with Gasteiger partial charge < -0.3 is 4.74 Å². The number of carbonyl (C=O) groups excluding carboxylic acids is 1. The molecule has 2 bridgehead atoms. The van der Waals surface area contributed by atoms with Crippen LogP contribution in [0, 0.1) is 12.8 Å². The molecule has 4 rings (SSSR count). The van der Waals surface area contributed by atoms with Crippen molar-refractivity contribution >= 4 is 28.5 Å². The van der Waals surface area contributed by atoms with E-state index in [1.807, 2.05) is 6.92 Å². The minimum absolute atomic E-state index is 0.132. The number of nitrogens with zero attached hydrogens (tertiary/aromatic N) is 1. The summed E-state index contributed by atoms with van der Waals surface area (Å²) in [4.78, 5) is 16.8. The van der Waals surface area contributed by atoms with Crippen molar-refractivity contribution in [2.75, 3.05) is 6.61 Å². The van der Waals surface area contributed by atoms with Crippen LogP contribution in [-0.4, -0.2) is 17.6 Å². The lowest BCUT2D eigenvalue weighted by Crippen LogP contribution is -2.24. The summed E-state index contributed by atoms with van der Waals surface area (Å²) in [6.45, 7) is 4.35. The number of esters is 1. The van der Waals surface area contributed by atoms with Crippen molar-refractivity contribution in [3.63, 3.8) is 0 Å². The van der Waals surface area contributed by atoms with Crippen LogP contribution in [0.15, 0.2) is 29.8 Å². The molecule has 1 aromatic carbocycles. The number of pyridine rings is 1. The molecule has 2 atom stereocenters. The van der Waals surface area contributed by atoms with E-state index in [-0.39, 0.29) is 5.97 Å². The molecule has 0 radical (unpaired) electrons. The van der Waals surface area contributed by atoms with Gasteiger partial charge >= 0.3 is 5.97 Å². The van der Waals surface area contributed by atoms with E-state index in [1.54, 1.807) is 0 Å². The number of fused-ring (bicyclic) bond motifs is 5. The van der Waals surface area contributed by atoms with E-state index in [1.165, 1.54) is 16.7 Å². The predicted molar refractivity (Wildman–Crippen MR) is 100.0 cm³/mol. The molecule has 4 heteroatoms. The number of hydrogen-bond acceptors (Lipinski definition) is 3. The number of allylic oxidation sites excluding steroid dienone is 1. The number of halogens is 1. The van der Waals surface area contributed by atoms with Crippen molar-refractivity contribution in [2.45, 2.75) is 45.4 Å². The number of aromatic nitrogens is 1. The van der Waals surface area contributed by atoms with Gasteiger partial charge in [-0.3, -0.25) is 9.78 Å². The van der Waals surface area contributed by atoms with Crippen LogP contribution in [0.3, 0.4) is 0 Å². The minimum atomic E-state index is -0.132. The fourth-order valence-corrected chi connectivity index (χ4v) is 4.76. The lowest BCUT2D eigenvalue weighted by Gasteiger charge is -2.35. The molecular formula is C21H22ClNO2. The smallest absolute Gasteiger partial charge is 0.309 e. The largest absolute Gasteiger partial charge is 0.466 e. The van der Waals surface area contributed by atoms with Crippen LogP contribution in [0.25, 0.3) is 10.9 Å². The molecule has 2 aliphatic rings. The number of hydrogen-bond donors (Lipinski definition) is 0. The third kappa shape index (κ3) is 3.06. The summed E-state index contributed by atoms with van der Waals surface area (Å²) >= 11 is 6.81. The molecule has 2 unspecified atom stereocenters. The van der Waals surface area contributed by atoms with Crippen LogP contribution in [0.4, 0.5) is 0 Å². The summed E-state index contributed by atoms with van der Waals surface area (Å²) < 4.78 is 5.11. The standard InChI is InChI=1S/C21H22ClNO2/c1-3-25-19(24)11-14-7-13-8-15(9-14)20-18(10-13)23-17-6-12(2)4-5-16(17)21(20)22/h4-7,13,15H,3,8-11H2,1-2H3. The predicted octanol–water partition coefficient (Wildman–Crippen LogP) is 5.13. The first-order chi connectivity index (χ1) is 12.0. The van der Waals surface area contributed by atoms with Gasteiger partial charge in [-0.05, 0) is 62.1 Å². The Morgan fingerprint density at radius 1 is 1.36 bits per heavy atom. The van der Waals surface area contributed by atoms with Crippen molar-refractivity contribution in [1.82, 2.24) is 4.98 Å². The average Bonchev–Trinajstić information content (AvgIpc) is 2.54. The summed E-state index contributed by atoms with van der Waals surface area (Å²) in [7, 11) is 0. The summed E-state index contributed by atoms with van der Waals surface area (Å²) in [5.74, 6) is 0.669. The zero-order valence-corrected chi connectivity index (χ0v) is 15.4. The Hall–Kier alpha value is -1.87. The van der Waals surface area contributed by atoms with Crippen LogP contribution in [0.5, 0.6) is 0 Å². The monoisotopic (exact) mass is 355 g/mol. The van der Waals surface area contributed by atoms with Gasteiger partial charge in [0.15, 0.2) is 0 Å². The summed E-state index contributed by atoms with van der Waals surface area (Å²) in [5, 5.41) is 1.88. The average molecular weight is 356 g/mol. The second-order valence-corrected chi connectivity index (χ2v) is 7.59. The Morgan fingerprint density at radius 2 is 2.20 bits per heavy atom. The minimum Gasteiger partial charge on any atom is -0.466 e. The molecule has 130 valence electrons. The fraction of sp³-hybridized carbons (Fsp3) is 0.429. The maximum absolute atomic E-state index is 11.8. The van der Waals surface area contributed by atoms with Crippen LogP contribution >= 0.6 is 11.6 Å². The van der Waals surface area contributed by atoms with Crippen molar-refractivity contribution < 1.29 is 9.53 Å². The lowest BCUT2D eigenvalue weighted by molar-refractivity contribution is -0.142. The van der Waals surface area contributed by atoms with Gasteiger partial charge in [0.05, 0.1) is 23.6 Å². The van der Waals surface area contributed by atoms with Gasteiger partial charge in [0.1, 0.15) is 0 Å². The highest BCUT2D eigenvalue weighted by molar-refractivity contribution is 6.36. The van der Waals surface area contributed by atoms with E-state index < -0.39 is 0 Å². The maximum Gasteiger partial charge on any atom is 0.309 e. The highest BCUT2D eigenvalue weighted by Crippen LogP contribution is 2.47. The topological polar surface area (TPSA) is 39.2 Å². The zero-order chi connectivity index (χ0) is 17.6. The van der Waals surface area contributed by atoms with Crippen molar-refractivity contribution in [2.24, 2.45) is 5.92 Å². The Morgan fingerprint density at radius 3 is 3.00 bits per heavy atom. The molecule has 2 aromatic rings. The third-order valence-corrected chi connectivity index (χ3v) is 5.71. The summed E-state index contributed by atoms with van der Waals surface area (Å²) in [6, 6.07) is 6.26. The van der Waals surface area contributed by atoms with Gasteiger partial charge in [-0.15, -0.1) is 0 Å². The lowest BCUT2D eigenvalue weighted by atomic mass is 9.71. The van der Waals surface area contributed by atoms with Crippen molar-refractivity contribution in [3.8, 4) is 0 Å². The number of rotatable bonds is 3. The highest BCUT2D eigenvalue weighted by Gasteiger charge is 2.34. The van der Waals surface area contributed by atoms with Crippen molar-refractivity contribution in [3.05, 3.63) is 51.7 Å². The molecule has 0 saturated heterocycles. The second kappa shape index (κ2) is 6.45. The van der Waals surface area contributed by atoms with Gasteiger partial charge in [-0.1, -0.05) is 35.4 Å². The van der Waals surface area contributed by atoms with Crippen LogP contribution in [0.1, 0.15) is 48.9 Å². The Labute approximate surface area is 153 Å². The molecule has 3 nitrogen and oxygen atoms in total. The molecule has 0 saturated carbocycles. The Balaban J connectivity index is 1.70. The number of aryl methyl sites for hydroxylation is 1. The first kappa shape index (κ1) is 16.6. The number of carbonyl (C=O) groups is 1. The first-order valence-corrected chi connectivity index (χ1v) is 9.36. The third-order valence-electron chi connectivity index (χ3n) is 5.30. The SMILES string of the molecule is CCOC(=O)CC1=CC2Cc3nc4cc(C)ccc4c(Cl)c3C(C1)C2. The molecule has 0 amide bonds. The molecule has 0 aliphatic heterocycles. The molecule has 1 heterocycles. The number of benzene rings is 1. The van der Waals surface area contributed by atoms with E-state index in [4.69, 9.17) is 21.3 Å². The Kier molecular flexibility index (Phi) is 4.28. The van der Waals surface area contributed by atoms with E-state index in [0.717, 1.165) is 40.9 Å². The highest BCUT2D eigenvalue weighted by atomic mass is 35.5. The van der Waals surface area contributed by atoms with Gasteiger partial charge in [-0.2, -0.15) is 0 Å². The van der Waals surface area contributed by atoms with Crippen LogP contribution in [0.2, 0.25) is 5.02 Å². The molecule has 25 heavy (non-hydrogen) atoms. The van der Waals surface area contributed by atoms with Gasteiger partial charge in [0.25, 0.3) is 0 Å². The van der Waals surface area contributed by atoms with Gasteiger partial charge in [0.2, 0.25) is 0 Å². The van der Waals surface area contributed by atoms with Crippen LogP contribution in [-0.2, 0) is 16.0 Å². The van der Waals surface area contributed by atoms with Gasteiger partial charge in [-0.25, -0.2) is 0 Å². The van der Waals surface area contributed by atoms with E-state index in [0.29, 0.717) is 24.9 Å². The quantitative estimate of drug-likeness (QED) is 0.566. The molecule has 0 N–H and O–H groups in total. The first-order valence-electron chi connectivity index (χ1n) is 8.99. The molecular weight excluding hydrogens is 334 g/mol. The van der Waals surface area contributed by atoms with Gasteiger partial charge in [0, 0.05) is 11.1 Å². The van der Waals surface area contributed by atoms with Crippen molar-refractivity contribution in [1.29, 1.82) is 0 Å². The number of ether oxygens (including phenoxy) is 1. The van der Waals surface area contributed by atoms with Crippen LogP contribution < -0.4 is 0 Å². The summed E-state index contributed by atoms with van der Waals surface area (Å²) in [6.07, 6.45) is 5.54. The molecule has 2 aliphatic carbocycles. The maximum atomic E-state index is 11.8. The second-order valence-electron chi connectivity index (χ2n) is 7.21. The fourth-order valence-electron chi connectivity index (χ4n) is 4.34. The van der Waals surface area contributed by atoms with E-state index in [2.05, 4.69) is 31.2 Å².